The van der Waals surface area contributed by atoms with Crippen molar-refractivity contribution >= 4 is 11.6 Å². The minimum atomic E-state index is -0.428. The van der Waals surface area contributed by atoms with E-state index in [-0.39, 0.29) is 5.91 Å². The molecule has 1 atom stereocenters. The summed E-state index contributed by atoms with van der Waals surface area (Å²) in [5.41, 5.74) is 2.03. The number of hydrogen-bond acceptors (Lipinski definition) is 2. The minimum absolute atomic E-state index is 0.122. The maximum atomic E-state index is 11.6. The maximum absolute atomic E-state index is 11.6. The number of ether oxygens (including phenoxy) is 1. The molecule has 1 N–H and O–H groups in total. The fourth-order valence-electron chi connectivity index (χ4n) is 1.33. The Morgan fingerprint density at radius 3 is 2.56 bits per heavy atom. The van der Waals surface area contributed by atoms with Crippen molar-refractivity contribution in [2.45, 2.75) is 32.8 Å². The monoisotopic (exact) mass is 221 g/mol. The van der Waals surface area contributed by atoms with Crippen LogP contribution >= 0.6 is 0 Å². The lowest BCUT2D eigenvalue weighted by Crippen LogP contribution is -2.26. The van der Waals surface area contributed by atoms with Gasteiger partial charge in [0.15, 0.2) is 0 Å². The predicted octanol–water partition coefficient (Wildman–Crippen LogP) is 2.78. The fourth-order valence-corrected chi connectivity index (χ4v) is 1.33. The quantitative estimate of drug-likeness (QED) is 0.849. The number of hydrogen-bond donors (Lipinski definition) is 1. The van der Waals surface area contributed by atoms with Crippen molar-refractivity contribution in [2.75, 3.05) is 12.4 Å². The summed E-state index contributed by atoms with van der Waals surface area (Å²) >= 11 is 0. The Morgan fingerprint density at radius 1 is 1.31 bits per heavy atom. The Morgan fingerprint density at radius 2 is 2.00 bits per heavy atom. The molecule has 0 bridgehead atoms. The Kier molecular flexibility index (Phi) is 4.50. The van der Waals surface area contributed by atoms with E-state index in [1.807, 2.05) is 18.2 Å². The summed E-state index contributed by atoms with van der Waals surface area (Å²) in [5.74, 6) is 0.333. The highest BCUT2D eigenvalue weighted by atomic mass is 16.5. The average Bonchev–Trinajstić information content (AvgIpc) is 2.28. The topological polar surface area (TPSA) is 38.3 Å². The van der Waals surface area contributed by atoms with Crippen molar-refractivity contribution in [1.82, 2.24) is 0 Å². The molecule has 1 aromatic carbocycles. The second-order valence-corrected chi connectivity index (χ2v) is 4.15. The molecule has 0 aliphatic carbocycles. The molecule has 0 spiro atoms. The number of carbonyl (C=O) groups is 1. The highest BCUT2D eigenvalue weighted by molar-refractivity contribution is 5.93. The van der Waals surface area contributed by atoms with Crippen molar-refractivity contribution in [3.8, 4) is 0 Å². The lowest BCUT2D eigenvalue weighted by atomic mass is 10.0. The minimum Gasteiger partial charge on any atom is -0.372 e. The first-order chi connectivity index (χ1) is 7.54. The highest BCUT2D eigenvalue weighted by Crippen LogP contribution is 2.18. The second-order valence-electron chi connectivity index (χ2n) is 4.15. The van der Waals surface area contributed by atoms with Gasteiger partial charge >= 0.3 is 0 Å². The fraction of sp³-hybridized carbons (Fsp3) is 0.462. The Balaban J connectivity index is 2.74. The molecule has 1 amide bonds. The van der Waals surface area contributed by atoms with Crippen LogP contribution in [0.4, 0.5) is 5.69 Å². The first-order valence-electron chi connectivity index (χ1n) is 5.48. The van der Waals surface area contributed by atoms with E-state index in [0.717, 1.165) is 5.69 Å². The van der Waals surface area contributed by atoms with Gasteiger partial charge in [-0.2, -0.15) is 0 Å². The normalized spacial score (nSPS) is 12.6. The standard InChI is InChI=1S/C13H19NO2/c1-9(2)11-6-5-7-12(8-11)14-13(15)10(3)16-4/h5-10H,1-4H3,(H,14,15). The lowest BCUT2D eigenvalue weighted by molar-refractivity contribution is -0.124. The molecule has 0 aromatic heterocycles. The molecular weight excluding hydrogens is 202 g/mol. The van der Waals surface area contributed by atoms with Gasteiger partial charge in [-0.25, -0.2) is 0 Å². The van der Waals surface area contributed by atoms with E-state index in [1.165, 1.54) is 12.7 Å². The molecule has 0 saturated carbocycles. The summed E-state index contributed by atoms with van der Waals surface area (Å²) in [4.78, 5) is 11.6. The zero-order valence-electron chi connectivity index (χ0n) is 10.3. The summed E-state index contributed by atoms with van der Waals surface area (Å²) in [6.45, 7) is 5.97. The Labute approximate surface area is 96.8 Å². The van der Waals surface area contributed by atoms with Gasteiger partial charge in [-0.3, -0.25) is 4.79 Å². The van der Waals surface area contributed by atoms with Gasteiger partial charge in [0.1, 0.15) is 6.10 Å². The highest BCUT2D eigenvalue weighted by Gasteiger charge is 2.11. The van der Waals surface area contributed by atoms with Crippen molar-refractivity contribution in [3.63, 3.8) is 0 Å². The van der Waals surface area contributed by atoms with Crippen molar-refractivity contribution in [1.29, 1.82) is 0 Å². The van der Waals surface area contributed by atoms with Crippen molar-refractivity contribution in [2.24, 2.45) is 0 Å². The van der Waals surface area contributed by atoms with Crippen molar-refractivity contribution in [3.05, 3.63) is 29.8 Å². The molecule has 1 unspecified atom stereocenters. The Hall–Kier alpha value is -1.35. The summed E-state index contributed by atoms with van der Waals surface area (Å²) in [7, 11) is 1.52. The molecule has 3 heteroatoms. The van der Waals surface area contributed by atoms with Crippen LogP contribution in [0.15, 0.2) is 24.3 Å². The second kappa shape index (κ2) is 5.66. The number of rotatable bonds is 4. The van der Waals surface area contributed by atoms with Crippen molar-refractivity contribution < 1.29 is 9.53 Å². The maximum Gasteiger partial charge on any atom is 0.253 e. The summed E-state index contributed by atoms with van der Waals surface area (Å²) in [6.07, 6.45) is -0.428. The third-order valence-electron chi connectivity index (χ3n) is 2.54. The average molecular weight is 221 g/mol. The van der Waals surface area contributed by atoms with Gasteiger partial charge in [0.05, 0.1) is 0 Å². The van der Waals surface area contributed by atoms with Gasteiger partial charge in [-0.1, -0.05) is 26.0 Å². The number of nitrogens with one attached hydrogen (secondary N) is 1. The van der Waals surface area contributed by atoms with E-state index in [2.05, 4.69) is 25.2 Å². The zero-order valence-corrected chi connectivity index (χ0v) is 10.3. The van der Waals surface area contributed by atoms with Crippen LogP contribution in [-0.2, 0) is 9.53 Å². The third kappa shape index (κ3) is 3.35. The van der Waals surface area contributed by atoms with E-state index in [9.17, 15) is 4.79 Å². The predicted molar refractivity (Wildman–Crippen MR) is 65.6 cm³/mol. The molecule has 1 rings (SSSR count). The van der Waals surface area contributed by atoms with Crippen LogP contribution in [0.1, 0.15) is 32.3 Å². The summed E-state index contributed by atoms with van der Waals surface area (Å²) < 4.78 is 4.95. The molecule has 1 aromatic rings. The van der Waals surface area contributed by atoms with Crippen LogP contribution in [0, 0.1) is 0 Å². The molecule has 0 saturated heterocycles. The number of carbonyl (C=O) groups excluding carboxylic acids is 1. The van der Waals surface area contributed by atoms with Gasteiger partial charge < -0.3 is 10.1 Å². The largest absolute Gasteiger partial charge is 0.372 e. The number of amides is 1. The van der Waals surface area contributed by atoms with Crippen LogP contribution in [0.3, 0.4) is 0 Å². The number of anilines is 1. The van der Waals surface area contributed by atoms with E-state index < -0.39 is 6.10 Å². The molecule has 3 nitrogen and oxygen atoms in total. The van der Waals surface area contributed by atoms with Gasteiger partial charge in [0, 0.05) is 12.8 Å². The molecule has 88 valence electrons. The van der Waals surface area contributed by atoms with E-state index in [1.54, 1.807) is 6.92 Å². The van der Waals surface area contributed by atoms with Gasteiger partial charge in [-0.05, 0) is 30.5 Å². The molecule has 0 aliphatic rings. The SMILES string of the molecule is COC(C)C(=O)Nc1cccc(C(C)C)c1. The van der Waals surface area contributed by atoms with E-state index >= 15 is 0 Å². The summed E-state index contributed by atoms with van der Waals surface area (Å²) in [6, 6.07) is 7.87. The molecular formula is C13H19NO2. The van der Waals surface area contributed by atoms with Gasteiger partial charge in [0.2, 0.25) is 0 Å². The van der Waals surface area contributed by atoms with Crippen LogP contribution in [0.25, 0.3) is 0 Å². The van der Waals surface area contributed by atoms with Crippen LogP contribution < -0.4 is 5.32 Å². The molecule has 0 fully saturated rings. The first-order valence-corrected chi connectivity index (χ1v) is 5.48. The molecule has 0 heterocycles. The number of methoxy groups -OCH3 is 1. The van der Waals surface area contributed by atoms with Gasteiger partial charge in [0.25, 0.3) is 5.91 Å². The van der Waals surface area contributed by atoms with Crippen LogP contribution in [-0.4, -0.2) is 19.1 Å². The molecule has 0 radical (unpaired) electrons. The van der Waals surface area contributed by atoms with Gasteiger partial charge in [-0.15, -0.1) is 0 Å². The van der Waals surface area contributed by atoms with Crippen LogP contribution in [0.2, 0.25) is 0 Å². The van der Waals surface area contributed by atoms with Crippen LogP contribution in [0.5, 0.6) is 0 Å². The first kappa shape index (κ1) is 12.7. The third-order valence-corrected chi connectivity index (χ3v) is 2.54. The lowest BCUT2D eigenvalue weighted by Gasteiger charge is -2.12. The zero-order chi connectivity index (χ0) is 12.1. The van der Waals surface area contributed by atoms with E-state index in [0.29, 0.717) is 5.92 Å². The van der Waals surface area contributed by atoms with E-state index in [4.69, 9.17) is 4.74 Å². The molecule has 16 heavy (non-hydrogen) atoms. The smallest absolute Gasteiger partial charge is 0.253 e. The molecule has 0 aliphatic heterocycles. The Bertz CT molecular complexity index is 361. The number of benzene rings is 1. The summed E-state index contributed by atoms with van der Waals surface area (Å²) in [5, 5.41) is 2.82.